The second kappa shape index (κ2) is 6.90. The molecule has 0 unspecified atom stereocenters. The minimum atomic E-state index is -0.959. The first-order valence-corrected chi connectivity index (χ1v) is 6.94. The average molecular weight is 319 g/mol. The smallest absolute Gasteiger partial charge is 0.311 e. The Labute approximate surface area is 127 Å². The van der Waals surface area contributed by atoms with Gasteiger partial charge in [0.25, 0.3) is 5.91 Å². The van der Waals surface area contributed by atoms with Gasteiger partial charge in [0.05, 0.1) is 16.0 Å². The fourth-order valence-electron chi connectivity index (χ4n) is 1.77. The zero-order chi connectivity index (χ0) is 15.3. The second-order valence-electron chi connectivity index (χ2n) is 4.47. The molecule has 0 fully saturated rings. The van der Waals surface area contributed by atoms with Crippen molar-refractivity contribution in [1.82, 2.24) is 10.3 Å². The van der Waals surface area contributed by atoms with E-state index in [1.807, 2.05) is 0 Å². The van der Waals surface area contributed by atoms with Crippen LogP contribution in [0.25, 0.3) is 0 Å². The maximum absolute atomic E-state index is 12.0. The Morgan fingerprint density at radius 1 is 1.35 bits per heavy atom. The van der Waals surface area contributed by atoms with E-state index in [-0.39, 0.29) is 22.3 Å². The zero-order valence-corrected chi connectivity index (χ0v) is 12.8. The van der Waals surface area contributed by atoms with Gasteiger partial charge in [-0.05, 0) is 18.9 Å². The molecule has 7 heteroatoms. The summed E-state index contributed by atoms with van der Waals surface area (Å²) >= 11 is 11.5. The molecule has 0 aromatic carbocycles. The molecular formula is C13H16Cl2N2O3. The lowest BCUT2D eigenvalue weighted by Gasteiger charge is -2.26. The molecule has 0 aliphatic heterocycles. The molecule has 2 N–H and O–H groups in total. The van der Waals surface area contributed by atoms with Crippen LogP contribution in [0.5, 0.6) is 0 Å². The van der Waals surface area contributed by atoms with Crippen LogP contribution in [0, 0.1) is 5.41 Å². The number of carbonyl (C=O) groups is 2. The summed E-state index contributed by atoms with van der Waals surface area (Å²) in [5, 5.41) is 12.2. The maximum atomic E-state index is 12.0. The Balaban J connectivity index is 2.80. The highest BCUT2D eigenvalue weighted by Gasteiger charge is 2.35. The Morgan fingerprint density at radius 3 is 2.40 bits per heavy atom. The molecule has 0 atom stereocenters. The minimum Gasteiger partial charge on any atom is -0.481 e. The predicted molar refractivity (Wildman–Crippen MR) is 77.2 cm³/mol. The fourth-order valence-corrected chi connectivity index (χ4v) is 2.04. The van der Waals surface area contributed by atoms with Crippen LogP contribution >= 0.6 is 23.2 Å². The molecule has 0 radical (unpaired) electrons. The van der Waals surface area contributed by atoms with Crippen LogP contribution in [-0.4, -0.2) is 28.5 Å². The molecule has 0 aliphatic rings. The normalized spacial score (nSPS) is 11.2. The molecule has 0 aliphatic carbocycles. The number of hydrogen-bond acceptors (Lipinski definition) is 3. The lowest BCUT2D eigenvalue weighted by molar-refractivity contribution is -0.149. The average Bonchev–Trinajstić information content (AvgIpc) is 2.43. The van der Waals surface area contributed by atoms with E-state index < -0.39 is 17.3 Å². The Bertz CT molecular complexity index is 516. The maximum Gasteiger partial charge on any atom is 0.311 e. The van der Waals surface area contributed by atoms with Crippen molar-refractivity contribution in [3.05, 3.63) is 28.0 Å². The molecule has 1 rings (SSSR count). The van der Waals surface area contributed by atoms with Crippen molar-refractivity contribution < 1.29 is 14.7 Å². The lowest BCUT2D eigenvalue weighted by atomic mass is 9.82. The molecule has 5 nitrogen and oxygen atoms in total. The number of carboxylic acid groups (broad SMARTS) is 1. The number of amides is 1. The van der Waals surface area contributed by atoms with Gasteiger partial charge >= 0.3 is 5.97 Å². The van der Waals surface area contributed by atoms with Gasteiger partial charge in [-0.25, -0.2) is 4.98 Å². The number of aliphatic carboxylic acids is 1. The van der Waals surface area contributed by atoms with Crippen LogP contribution < -0.4 is 5.32 Å². The SMILES string of the molecule is CCC(CC)(CNC(=O)c1cnc(Cl)c(Cl)c1)C(=O)O. The third-order valence-electron chi connectivity index (χ3n) is 3.45. The topological polar surface area (TPSA) is 79.3 Å². The number of rotatable bonds is 6. The number of carbonyl (C=O) groups excluding carboxylic acids is 1. The molecule has 0 spiro atoms. The van der Waals surface area contributed by atoms with Crippen LogP contribution in [0.2, 0.25) is 10.2 Å². The molecule has 1 heterocycles. The Morgan fingerprint density at radius 2 is 1.95 bits per heavy atom. The van der Waals surface area contributed by atoms with Crippen LogP contribution in [-0.2, 0) is 4.79 Å². The molecule has 1 aromatic heterocycles. The van der Waals surface area contributed by atoms with E-state index in [1.165, 1.54) is 12.3 Å². The summed E-state index contributed by atoms with van der Waals surface area (Å²) in [4.78, 5) is 27.1. The third kappa shape index (κ3) is 3.61. The van der Waals surface area contributed by atoms with E-state index in [4.69, 9.17) is 23.2 Å². The molecule has 0 bridgehead atoms. The second-order valence-corrected chi connectivity index (χ2v) is 5.24. The van der Waals surface area contributed by atoms with Gasteiger partial charge in [0.15, 0.2) is 0 Å². The summed E-state index contributed by atoms with van der Waals surface area (Å²) in [5.41, 5.74) is -0.717. The van der Waals surface area contributed by atoms with Crippen LogP contribution in [0.3, 0.4) is 0 Å². The van der Waals surface area contributed by atoms with E-state index in [0.717, 1.165) is 0 Å². The quantitative estimate of drug-likeness (QED) is 0.790. The number of halogens is 2. The highest BCUT2D eigenvalue weighted by atomic mass is 35.5. The van der Waals surface area contributed by atoms with Gasteiger partial charge < -0.3 is 10.4 Å². The molecule has 0 saturated carbocycles. The molecule has 1 aromatic rings. The first kappa shape index (κ1) is 16.7. The van der Waals surface area contributed by atoms with Crippen molar-refractivity contribution in [3.63, 3.8) is 0 Å². The summed E-state index contributed by atoms with van der Waals surface area (Å²) in [6, 6.07) is 1.40. The Hall–Kier alpha value is -1.33. The van der Waals surface area contributed by atoms with Crippen LogP contribution in [0.1, 0.15) is 37.0 Å². The standard InChI is InChI=1S/C13H16Cl2N2O3/c1-3-13(4-2,12(19)20)7-17-11(18)8-5-9(14)10(15)16-6-8/h5-6H,3-4,7H2,1-2H3,(H,17,18)(H,19,20). The summed E-state index contributed by atoms with van der Waals surface area (Å²) in [6.45, 7) is 3.61. The molecule has 1 amide bonds. The van der Waals surface area contributed by atoms with Crippen molar-refractivity contribution in [2.24, 2.45) is 5.41 Å². The summed E-state index contributed by atoms with van der Waals surface area (Å²) < 4.78 is 0. The molecule has 110 valence electrons. The number of nitrogens with one attached hydrogen (secondary N) is 1. The van der Waals surface area contributed by atoms with Gasteiger partial charge in [0.1, 0.15) is 5.15 Å². The van der Waals surface area contributed by atoms with Gasteiger partial charge in [-0.15, -0.1) is 0 Å². The zero-order valence-electron chi connectivity index (χ0n) is 11.2. The molecule has 0 saturated heterocycles. The van der Waals surface area contributed by atoms with Crippen molar-refractivity contribution in [2.75, 3.05) is 6.54 Å². The summed E-state index contributed by atoms with van der Waals surface area (Å²) in [7, 11) is 0. The first-order chi connectivity index (χ1) is 9.36. The fraction of sp³-hybridized carbons (Fsp3) is 0.462. The molecule has 20 heavy (non-hydrogen) atoms. The van der Waals surface area contributed by atoms with Gasteiger partial charge in [-0.1, -0.05) is 37.0 Å². The van der Waals surface area contributed by atoms with Crippen molar-refractivity contribution >= 4 is 35.1 Å². The molecular weight excluding hydrogens is 303 g/mol. The van der Waals surface area contributed by atoms with E-state index in [9.17, 15) is 14.7 Å². The number of aromatic nitrogens is 1. The highest BCUT2D eigenvalue weighted by Crippen LogP contribution is 2.26. The number of nitrogens with zero attached hydrogens (tertiary/aromatic N) is 1. The van der Waals surface area contributed by atoms with Crippen molar-refractivity contribution in [2.45, 2.75) is 26.7 Å². The van der Waals surface area contributed by atoms with E-state index >= 15 is 0 Å². The van der Waals surface area contributed by atoms with E-state index in [2.05, 4.69) is 10.3 Å². The largest absolute Gasteiger partial charge is 0.481 e. The van der Waals surface area contributed by atoms with E-state index in [0.29, 0.717) is 12.8 Å². The number of hydrogen-bond donors (Lipinski definition) is 2. The third-order valence-corrected chi connectivity index (χ3v) is 4.14. The monoisotopic (exact) mass is 318 g/mol. The van der Waals surface area contributed by atoms with Gasteiger partial charge in [0, 0.05) is 12.7 Å². The summed E-state index contributed by atoms with van der Waals surface area (Å²) in [5.74, 6) is -1.35. The summed E-state index contributed by atoms with van der Waals surface area (Å²) in [6.07, 6.45) is 2.15. The van der Waals surface area contributed by atoms with E-state index in [1.54, 1.807) is 13.8 Å². The minimum absolute atomic E-state index is 0.0500. The van der Waals surface area contributed by atoms with Gasteiger partial charge in [-0.2, -0.15) is 0 Å². The van der Waals surface area contributed by atoms with Gasteiger partial charge in [0.2, 0.25) is 0 Å². The van der Waals surface area contributed by atoms with Crippen molar-refractivity contribution in [1.29, 1.82) is 0 Å². The first-order valence-electron chi connectivity index (χ1n) is 6.19. The number of carboxylic acids is 1. The predicted octanol–water partition coefficient (Wildman–Crippen LogP) is 3.01. The van der Waals surface area contributed by atoms with Crippen LogP contribution in [0.4, 0.5) is 0 Å². The highest BCUT2D eigenvalue weighted by molar-refractivity contribution is 6.41. The van der Waals surface area contributed by atoms with Crippen LogP contribution in [0.15, 0.2) is 12.3 Å². The van der Waals surface area contributed by atoms with Gasteiger partial charge in [-0.3, -0.25) is 9.59 Å². The van der Waals surface area contributed by atoms with Crippen molar-refractivity contribution in [3.8, 4) is 0 Å². The Kier molecular flexibility index (Phi) is 5.77. The number of pyridine rings is 1. The lowest BCUT2D eigenvalue weighted by Crippen LogP contribution is -2.42.